The molecule has 2 amide bonds. The first kappa shape index (κ1) is 31.4. The lowest BCUT2D eigenvalue weighted by Crippen LogP contribution is -2.71. The number of aromatic nitrogens is 4. The Bertz CT molecular complexity index is 1580. The Morgan fingerprint density at radius 1 is 1.14 bits per heavy atom. The number of aryl methyl sites for hydroxylation is 1. The van der Waals surface area contributed by atoms with Crippen LogP contribution in [0.4, 0.5) is 0 Å². The predicted octanol–water partition coefficient (Wildman–Crippen LogP) is 2.26. The van der Waals surface area contributed by atoms with Crippen LogP contribution in [0, 0.1) is 0 Å². The molecule has 0 radical (unpaired) electrons. The number of nitrogens with zero attached hydrogens (tertiary/aromatic N) is 6. The van der Waals surface area contributed by atoms with Crippen molar-refractivity contribution in [1.82, 2.24) is 30.4 Å². The lowest BCUT2D eigenvalue weighted by Gasteiger charge is -2.49. The molecule has 3 aromatic rings. The molecule has 44 heavy (non-hydrogen) atoms. The van der Waals surface area contributed by atoms with Gasteiger partial charge in [-0.3, -0.25) is 19.3 Å². The maximum atomic E-state index is 14.1. The minimum atomic E-state index is -1.00. The Morgan fingerprint density at radius 2 is 1.80 bits per heavy atom. The fraction of sp³-hybridized carbons (Fsp3) is 0.286. The van der Waals surface area contributed by atoms with E-state index in [-0.39, 0.29) is 11.0 Å². The number of oxime groups is 1. The van der Waals surface area contributed by atoms with Gasteiger partial charge in [-0.2, -0.15) is 0 Å². The van der Waals surface area contributed by atoms with Crippen LogP contribution in [0.3, 0.4) is 0 Å². The molecule has 0 saturated carbocycles. The van der Waals surface area contributed by atoms with Crippen LogP contribution in [0.2, 0.25) is 0 Å². The topological polar surface area (TPSA) is 158 Å². The first-order valence-corrected chi connectivity index (χ1v) is 16.3. The molecule has 3 heterocycles. The van der Waals surface area contributed by atoms with Crippen LogP contribution in [-0.2, 0) is 35.8 Å². The minimum absolute atomic E-state index is 0.103. The van der Waals surface area contributed by atoms with Crippen LogP contribution in [0.25, 0.3) is 0 Å². The number of hydrogen-bond acceptors (Lipinski definition) is 12. The van der Waals surface area contributed by atoms with E-state index >= 15 is 0 Å². The van der Waals surface area contributed by atoms with Gasteiger partial charge in [0.15, 0.2) is 6.10 Å². The average Bonchev–Trinajstić information content (AvgIpc) is 3.47. The van der Waals surface area contributed by atoms with Crippen molar-refractivity contribution in [3.05, 3.63) is 83.1 Å². The Labute approximate surface area is 268 Å². The molecule has 5 rings (SSSR count). The molecule has 1 fully saturated rings. The number of amides is 2. The van der Waals surface area contributed by atoms with Gasteiger partial charge in [0.2, 0.25) is 16.7 Å². The van der Waals surface area contributed by atoms with Crippen molar-refractivity contribution in [3.8, 4) is 0 Å². The van der Waals surface area contributed by atoms with Crippen LogP contribution in [-0.4, -0.2) is 89.7 Å². The highest BCUT2D eigenvalue weighted by Crippen LogP contribution is 2.42. The Morgan fingerprint density at radius 3 is 2.36 bits per heavy atom. The van der Waals surface area contributed by atoms with Gasteiger partial charge in [-0.15, -0.1) is 16.9 Å². The first-order valence-electron chi connectivity index (χ1n) is 13.2. The van der Waals surface area contributed by atoms with Gasteiger partial charge in [0, 0.05) is 18.6 Å². The summed E-state index contributed by atoms with van der Waals surface area (Å²) in [7, 11) is 2.91. The van der Waals surface area contributed by atoms with Gasteiger partial charge >= 0.3 is 5.97 Å². The SMILES string of the molecule is CON=C(C(=O)CBr)C(=O)NC1C(=O)N2C(C(=O)OC(c3ccccc3)c3ccccc3)=C(CSc3nnnn3C)CS[C@H]12. The zero-order valence-corrected chi connectivity index (χ0v) is 26.7. The van der Waals surface area contributed by atoms with E-state index in [1.54, 1.807) is 7.05 Å². The summed E-state index contributed by atoms with van der Waals surface area (Å²) in [6, 6.07) is 17.6. The van der Waals surface area contributed by atoms with Gasteiger partial charge in [0.25, 0.3) is 11.8 Å². The second-order valence-electron chi connectivity index (χ2n) is 9.47. The highest BCUT2D eigenvalue weighted by atomic mass is 79.9. The summed E-state index contributed by atoms with van der Waals surface area (Å²) in [4.78, 5) is 58.7. The van der Waals surface area contributed by atoms with Crippen LogP contribution in [0.1, 0.15) is 17.2 Å². The maximum absolute atomic E-state index is 14.1. The molecule has 1 unspecified atom stereocenters. The number of carbonyl (C=O) groups is 4. The molecule has 0 aliphatic carbocycles. The maximum Gasteiger partial charge on any atom is 0.356 e. The number of benzene rings is 2. The van der Waals surface area contributed by atoms with Gasteiger partial charge in [0.05, 0.1) is 5.33 Å². The van der Waals surface area contributed by atoms with E-state index in [4.69, 9.17) is 4.74 Å². The number of hydrogen-bond donors (Lipinski definition) is 1. The highest BCUT2D eigenvalue weighted by molar-refractivity contribution is 9.09. The van der Waals surface area contributed by atoms with Crippen LogP contribution in [0.15, 0.2) is 82.2 Å². The van der Waals surface area contributed by atoms with Crippen molar-refractivity contribution >= 4 is 68.7 Å². The lowest BCUT2D eigenvalue weighted by molar-refractivity contribution is -0.154. The highest BCUT2D eigenvalue weighted by Gasteiger charge is 2.55. The summed E-state index contributed by atoms with van der Waals surface area (Å²) >= 11 is 5.71. The number of tetrazole rings is 1. The number of fused-ring (bicyclic) bond motifs is 1. The van der Waals surface area contributed by atoms with Gasteiger partial charge in [0.1, 0.15) is 24.2 Å². The molecule has 2 atom stereocenters. The molecule has 1 aromatic heterocycles. The molecule has 16 heteroatoms. The Kier molecular flexibility index (Phi) is 10.1. The number of carbonyl (C=O) groups excluding carboxylic acids is 4. The number of esters is 1. The number of rotatable bonds is 12. The normalized spacial score (nSPS) is 18.0. The number of ether oxygens (including phenoxy) is 1. The zero-order chi connectivity index (χ0) is 31.2. The largest absolute Gasteiger partial charge is 0.448 e. The van der Waals surface area contributed by atoms with Crippen molar-refractivity contribution in [3.63, 3.8) is 0 Å². The standard InChI is InChI=1S/C28H26BrN7O6S2/c1-35-28(31-33-34-35)44-15-18-14-43-26-21(30-24(38)20(32-41-2)19(37)13-29)25(39)36(26)22(18)27(40)42-23(16-9-5-3-6-10-16)17-11-7-4-8-12-17/h3-12,21,23,26H,13-15H2,1-2H3,(H,30,38)/t21?,26-/m1/s1. The molecular weight excluding hydrogens is 674 g/mol. The van der Waals surface area contributed by atoms with E-state index in [1.165, 1.54) is 40.2 Å². The predicted molar refractivity (Wildman–Crippen MR) is 166 cm³/mol. The fourth-order valence-electron chi connectivity index (χ4n) is 4.61. The molecule has 2 aliphatic heterocycles. The minimum Gasteiger partial charge on any atom is -0.448 e. The number of β-lactam (4-membered cyclic amide) rings is 1. The first-order chi connectivity index (χ1) is 21.3. The zero-order valence-electron chi connectivity index (χ0n) is 23.5. The Balaban J connectivity index is 1.44. The van der Waals surface area contributed by atoms with Crippen LogP contribution < -0.4 is 5.32 Å². The average molecular weight is 701 g/mol. The van der Waals surface area contributed by atoms with E-state index in [1.807, 2.05) is 60.7 Å². The molecule has 228 valence electrons. The molecule has 1 N–H and O–H groups in total. The van der Waals surface area contributed by atoms with E-state index in [0.717, 1.165) is 11.1 Å². The van der Waals surface area contributed by atoms with E-state index in [9.17, 15) is 19.2 Å². The summed E-state index contributed by atoms with van der Waals surface area (Å²) in [5, 5.41) is 17.4. The second kappa shape index (κ2) is 14.2. The molecular formula is C28H26BrN7O6S2. The third kappa shape index (κ3) is 6.56. The van der Waals surface area contributed by atoms with Crippen molar-refractivity contribution in [2.75, 3.05) is 23.9 Å². The van der Waals surface area contributed by atoms with Crippen LogP contribution >= 0.6 is 39.5 Å². The molecule has 0 spiro atoms. The second-order valence-corrected chi connectivity index (χ2v) is 12.1. The van der Waals surface area contributed by atoms with E-state index in [0.29, 0.717) is 22.2 Å². The number of thioether (sulfide) groups is 2. The van der Waals surface area contributed by atoms with Gasteiger partial charge in [-0.1, -0.05) is 93.5 Å². The van der Waals surface area contributed by atoms with Crippen molar-refractivity contribution in [1.29, 1.82) is 0 Å². The van der Waals surface area contributed by atoms with E-state index in [2.05, 4.69) is 46.8 Å². The van der Waals surface area contributed by atoms with Crippen molar-refractivity contribution in [2.45, 2.75) is 22.7 Å². The number of ketones is 1. The van der Waals surface area contributed by atoms with E-state index < -0.39 is 46.8 Å². The summed E-state index contributed by atoms with van der Waals surface area (Å²) in [5.41, 5.74) is 1.80. The number of nitrogens with one attached hydrogen (secondary N) is 1. The molecule has 13 nitrogen and oxygen atoms in total. The number of alkyl halides is 1. The smallest absolute Gasteiger partial charge is 0.356 e. The molecule has 0 bridgehead atoms. The summed E-state index contributed by atoms with van der Waals surface area (Å²) < 4.78 is 7.67. The third-order valence-corrected chi connectivity index (χ3v) is 9.64. The summed E-state index contributed by atoms with van der Waals surface area (Å²) in [5.74, 6) is -2.00. The molecule has 1 saturated heterocycles. The summed E-state index contributed by atoms with van der Waals surface area (Å²) in [6.07, 6.45) is -0.739. The number of halogens is 1. The monoisotopic (exact) mass is 699 g/mol. The third-order valence-electron chi connectivity index (χ3n) is 6.70. The van der Waals surface area contributed by atoms with Gasteiger partial charge in [-0.05, 0) is 27.1 Å². The van der Waals surface area contributed by atoms with Crippen molar-refractivity contribution < 1.29 is 28.8 Å². The molecule has 2 aliphatic rings. The molecule has 2 aromatic carbocycles. The number of Topliss-reactive ketones (excluding diaryl/α,β-unsaturated/α-hetero) is 1. The quantitative estimate of drug-likeness (QED) is 0.0562. The van der Waals surface area contributed by atoms with Gasteiger partial charge in [-0.25, -0.2) is 9.48 Å². The summed E-state index contributed by atoms with van der Waals surface area (Å²) in [6.45, 7) is 0. The van der Waals surface area contributed by atoms with Crippen LogP contribution in [0.5, 0.6) is 0 Å². The van der Waals surface area contributed by atoms with Gasteiger partial charge < -0.3 is 14.9 Å². The van der Waals surface area contributed by atoms with Crippen molar-refractivity contribution in [2.24, 2.45) is 12.2 Å². The Hall–Kier alpha value is -4.02. The lowest BCUT2D eigenvalue weighted by atomic mass is 10.0. The fourth-order valence-corrected chi connectivity index (χ4v) is 7.21.